The van der Waals surface area contributed by atoms with Crippen molar-refractivity contribution >= 4 is 34.5 Å². The highest BCUT2D eigenvalue weighted by atomic mass is 32.2. The quantitative estimate of drug-likeness (QED) is 0.424. The first-order valence-electron chi connectivity index (χ1n) is 13.8. The number of carbonyl (C=O) groups is 2. The van der Waals surface area contributed by atoms with E-state index in [2.05, 4.69) is 27.9 Å². The third-order valence-electron chi connectivity index (χ3n) is 8.48. The van der Waals surface area contributed by atoms with Crippen LogP contribution in [0.25, 0.3) is 10.9 Å². The molecule has 4 heterocycles. The highest BCUT2D eigenvalue weighted by molar-refractivity contribution is 7.98. The van der Waals surface area contributed by atoms with Crippen LogP contribution in [0.15, 0.2) is 40.0 Å². The Morgan fingerprint density at radius 2 is 1.92 bits per heavy atom. The molecule has 1 aromatic carbocycles. The molecule has 0 saturated carbocycles. The van der Waals surface area contributed by atoms with Gasteiger partial charge in [-0.05, 0) is 64.3 Å². The predicted molar refractivity (Wildman–Crippen MR) is 154 cm³/mol. The summed E-state index contributed by atoms with van der Waals surface area (Å²) in [6, 6.07) is 10.1. The predicted octanol–water partition coefficient (Wildman–Crippen LogP) is 4.43. The van der Waals surface area contributed by atoms with Crippen LogP contribution in [0, 0.1) is 25.7 Å². The minimum absolute atomic E-state index is 0.0122. The summed E-state index contributed by atoms with van der Waals surface area (Å²) in [6.07, 6.45) is 4.62. The molecule has 2 atom stereocenters. The van der Waals surface area contributed by atoms with Gasteiger partial charge in [-0.15, -0.1) is 11.8 Å². The molecule has 2 aliphatic rings. The van der Waals surface area contributed by atoms with E-state index < -0.39 is 0 Å². The third-order valence-corrected chi connectivity index (χ3v) is 9.28. The summed E-state index contributed by atoms with van der Waals surface area (Å²) in [4.78, 5) is 44.8. The van der Waals surface area contributed by atoms with Gasteiger partial charge in [-0.3, -0.25) is 14.4 Å². The van der Waals surface area contributed by atoms with E-state index in [0.29, 0.717) is 30.3 Å². The van der Waals surface area contributed by atoms with Gasteiger partial charge in [0.15, 0.2) is 0 Å². The number of piperidine rings is 1. The van der Waals surface area contributed by atoms with Crippen molar-refractivity contribution in [3.63, 3.8) is 0 Å². The maximum absolute atomic E-state index is 13.6. The molecule has 0 aliphatic carbocycles. The SMILES string of the molecule is CSc1cc(C)[nH]c(=O)c1CNC(=O)c1c(C)n(C(C)C2CCN(C(=O)[C@@H]3CCOC3)CC2)c2ccccc12. The van der Waals surface area contributed by atoms with Gasteiger partial charge in [0.25, 0.3) is 11.5 Å². The number of H-pyrrole nitrogens is 1. The maximum Gasteiger partial charge on any atom is 0.254 e. The molecule has 0 radical (unpaired) electrons. The van der Waals surface area contributed by atoms with Crippen LogP contribution in [-0.2, 0) is 16.1 Å². The van der Waals surface area contributed by atoms with Crippen LogP contribution in [-0.4, -0.2) is 58.8 Å². The zero-order chi connectivity index (χ0) is 27.7. The second kappa shape index (κ2) is 11.6. The monoisotopic (exact) mass is 550 g/mol. The number of hydrogen-bond acceptors (Lipinski definition) is 5. The lowest BCUT2D eigenvalue weighted by Crippen LogP contribution is -2.43. The summed E-state index contributed by atoms with van der Waals surface area (Å²) in [5.41, 5.74) is 3.81. The van der Waals surface area contributed by atoms with E-state index in [1.807, 2.05) is 49.3 Å². The number of hydrogen-bond donors (Lipinski definition) is 2. The standard InChI is InChI=1S/C30H38N4O4S/c1-18-15-26(39-4)24(28(35)32-18)16-31-29(36)27-20(3)34(25-8-6-5-7-23(25)27)19(2)21-9-12-33(13-10-21)30(37)22-11-14-38-17-22/h5-8,15,19,21-22H,9-14,16-17H2,1-4H3,(H,31,36)(H,32,35)/t19?,22-/m1/s1. The van der Waals surface area contributed by atoms with Gasteiger partial charge in [-0.25, -0.2) is 0 Å². The summed E-state index contributed by atoms with van der Waals surface area (Å²) >= 11 is 1.50. The molecule has 2 N–H and O–H groups in total. The van der Waals surface area contributed by atoms with E-state index >= 15 is 0 Å². The van der Waals surface area contributed by atoms with Gasteiger partial charge in [0.1, 0.15) is 0 Å². The van der Waals surface area contributed by atoms with Crippen molar-refractivity contribution in [1.29, 1.82) is 0 Å². The van der Waals surface area contributed by atoms with Crippen LogP contribution in [0.4, 0.5) is 0 Å². The Balaban J connectivity index is 1.35. The molecule has 0 bridgehead atoms. The minimum Gasteiger partial charge on any atom is -0.381 e. The number of aryl methyl sites for hydroxylation is 1. The average molecular weight is 551 g/mol. The molecule has 1 unspecified atom stereocenters. The smallest absolute Gasteiger partial charge is 0.254 e. The van der Waals surface area contributed by atoms with Crippen LogP contribution < -0.4 is 10.9 Å². The highest BCUT2D eigenvalue weighted by Crippen LogP contribution is 2.36. The summed E-state index contributed by atoms with van der Waals surface area (Å²) < 4.78 is 7.72. The highest BCUT2D eigenvalue weighted by Gasteiger charge is 2.33. The zero-order valence-electron chi connectivity index (χ0n) is 23.2. The normalized spacial score (nSPS) is 19.0. The van der Waals surface area contributed by atoms with E-state index in [9.17, 15) is 14.4 Å². The Morgan fingerprint density at radius 1 is 1.18 bits per heavy atom. The first kappa shape index (κ1) is 27.5. The average Bonchev–Trinajstić information content (AvgIpc) is 3.57. The second-order valence-electron chi connectivity index (χ2n) is 10.8. The summed E-state index contributed by atoms with van der Waals surface area (Å²) in [6.45, 7) is 9.01. The van der Waals surface area contributed by atoms with Crippen LogP contribution >= 0.6 is 11.8 Å². The molecule has 8 nitrogen and oxygen atoms in total. The number of aromatic nitrogens is 2. The molecule has 0 spiro atoms. The number of likely N-dealkylation sites (tertiary alicyclic amines) is 1. The number of nitrogens with zero attached hydrogens (tertiary/aromatic N) is 2. The van der Waals surface area contributed by atoms with E-state index in [1.165, 1.54) is 11.8 Å². The first-order valence-corrected chi connectivity index (χ1v) is 15.0. The minimum atomic E-state index is -0.180. The Hall–Kier alpha value is -3.04. The lowest BCUT2D eigenvalue weighted by atomic mass is 9.89. The molecule has 9 heteroatoms. The fraction of sp³-hybridized carbons (Fsp3) is 0.500. The van der Waals surface area contributed by atoms with Gasteiger partial charge < -0.3 is 24.5 Å². The number of rotatable bonds is 7. The topological polar surface area (TPSA) is 96.4 Å². The molecule has 2 aromatic heterocycles. The van der Waals surface area contributed by atoms with Crippen LogP contribution in [0.2, 0.25) is 0 Å². The summed E-state index contributed by atoms with van der Waals surface area (Å²) in [7, 11) is 0. The van der Waals surface area contributed by atoms with Crippen molar-refractivity contribution in [2.24, 2.45) is 11.8 Å². The number of benzene rings is 1. The number of nitrogens with one attached hydrogen (secondary N) is 2. The van der Waals surface area contributed by atoms with E-state index in [-0.39, 0.29) is 35.9 Å². The number of fused-ring (bicyclic) bond motifs is 1. The number of ether oxygens (including phenoxy) is 1. The number of thioether (sulfide) groups is 1. The summed E-state index contributed by atoms with van der Waals surface area (Å²) in [5.74, 6) is 0.464. The van der Waals surface area contributed by atoms with Crippen molar-refractivity contribution in [2.75, 3.05) is 32.6 Å². The van der Waals surface area contributed by atoms with Crippen molar-refractivity contribution in [1.82, 2.24) is 19.8 Å². The van der Waals surface area contributed by atoms with Gasteiger partial charge in [0, 0.05) is 65.0 Å². The molecule has 39 heavy (non-hydrogen) atoms. The van der Waals surface area contributed by atoms with Crippen molar-refractivity contribution in [2.45, 2.75) is 57.5 Å². The Morgan fingerprint density at radius 3 is 2.62 bits per heavy atom. The first-order chi connectivity index (χ1) is 18.8. The molecule has 5 rings (SSSR count). The lowest BCUT2D eigenvalue weighted by molar-refractivity contribution is -0.137. The van der Waals surface area contributed by atoms with Gasteiger partial charge in [-0.2, -0.15) is 0 Å². The van der Waals surface area contributed by atoms with Crippen molar-refractivity contribution < 1.29 is 14.3 Å². The van der Waals surface area contributed by atoms with Crippen LogP contribution in [0.5, 0.6) is 0 Å². The van der Waals surface area contributed by atoms with Crippen molar-refractivity contribution in [3.05, 3.63) is 63.2 Å². The Labute approximate surface area is 233 Å². The zero-order valence-corrected chi connectivity index (χ0v) is 24.0. The van der Waals surface area contributed by atoms with Crippen LogP contribution in [0.3, 0.4) is 0 Å². The Kier molecular flexibility index (Phi) is 8.19. The molecule has 3 aromatic rings. The fourth-order valence-electron chi connectivity index (χ4n) is 6.30. The van der Waals surface area contributed by atoms with Crippen LogP contribution in [0.1, 0.15) is 59.5 Å². The number of aromatic amines is 1. The molecule has 2 fully saturated rings. The van der Waals surface area contributed by atoms with E-state index in [0.717, 1.165) is 59.5 Å². The number of carbonyl (C=O) groups excluding carboxylic acids is 2. The van der Waals surface area contributed by atoms with Gasteiger partial charge in [-0.1, -0.05) is 18.2 Å². The largest absolute Gasteiger partial charge is 0.381 e. The maximum atomic E-state index is 13.6. The molecule has 2 saturated heterocycles. The molecular weight excluding hydrogens is 512 g/mol. The summed E-state index contributed by atoms with van der Waals surface area (Å²) in [5, 5.41) is 3.93. The fourth-order valence-corrected chi connectivity index (χ4v) is 7.00. The molecule has 208 valence electrons. The van der Waals surface area contributed by atoms with Crippen molar-refractivity contribution in [3.8, 4) is 0 Å². The third kappa shape index (κ3) is 5.39. The Bertz CT molecular complexity index is 1430. The van der Waals surface area contributed by atoms with Gasteiger partial charge in [0.2, 0.25) is 5.91 Å². The molecular formula is C30H38N4O4S. The number of amides is 2. The van der Waals surface area contributed by atoms with Gasteiger partial charge >= 0.3 is 0 Å². The number of para-hydroxylation sites is 1. The van der Waals surface area contributed by atoms with Gasteiger partial charge in [0.05, 0.1) is 18.1 Å². The lowest BCUT2D eigenvalue weighted by Gasteiger charge is -2.37. The molecule has 2 aliphatic heterocycles. The number of pyridine rings is 1. The molecule has 2 amide bonds. The van der Waals surface area contributed by atoms with E-state index in [4.69, 9.17) is 4.74 Å². The van der Waals surface area contributed by atoms with E-state index in [1.54, 1.807) is 0 Å². The second-order valence-corrected chi connectivity index (χ2v) is 11.7.